The molecule has 0 bridgehead atoms. The molecule has 0 aromatic carbocycles. The number of hydrogen-bond donors (Lipinski definition) is 1. The molecule has 0 aliphatic rings. The molecule has 66 valence electrons. The molecule has 0 saturated heterocycles. The average Bonchev–Trinajstić information content (AvgIpc) is 2.36. The highest BCUT2D eigenvalue weighted by atomic mass is 79.9. The first-order chi connectivity index (χ1) is 5.70. The minimum Gasteiger partial charge on any atom is -0.346 e. The normalized spacial score (nSPS) is 9.83. The maximum atomic E-state index is 10.5. The van der Waals surface area contributed by atoms with Crippen molar-refractivity contribution >= 4 is 32.1 Å². The standard InChI is InChI=1S/C8H10BrNOS/c1-6-3-5-12-7(6)2-4-10-8(9)11/h3,5H,2,4H2,1H3,(H,10,11). The quantitative estimate of drug-likeness (QED) is 0.646. The van der Waals surface area contributed by atoms with Crippen molar-refractivity contribution in [3.05, 3.63) is 21.9 Å². The minimum atomic E-state index is -0.142. The molecule has 0 radical (unpaired) electrons. The molecule has 1 heterocycles. The Kier molecular flexibility index (Phi) is 3.75. The Morgan fingerprint density at radius 2 is 2.50 bits per heavy atom. The van der Waals surface area contributed by atoms with E-state index in [2.05, 4.69) is 39.6 Å². The van der Waals surface area contributed by atoms with E-state index in [9.17, 15) is 4.79 Å². The van der Waals surface area contributed by atoms with E-state index >= 15 is 0 Å². The van der Waals surface area contributed by atoms with Gasteiger partial charge < -0.3 is 5.32 Å². The maximum Gasteiger partial charge on any atom is 0.287 e. The molecular weight excluding hydrogens is 238 g/mol. The maximum absolute atomic E-state index is 10.5. The lowest BCUT2D eigenvalue weighted by Crippen LogP contribution is -2.18. The molecule has 1 amide bonds. The summed E-state index contributed by atoms with van der Waals surface area (Å²) in [5.74, 6) is 0. The minimum absolute atomic E-state index is 0.142. The van der Waals surface area contributed by atoms with Crippen LogP contribution in [0.2, 0.25) is 0 Å². The van der Waals surface area contributed by atoms with Crippen molar-refractivity contribution in [1.29, 1.82) is 0 Å². The number of carbonyl (C=O) groups is 1. The molecule has 12 heavy (non-hydrogen) atoms. The van der Waals surface area contributed by atoms with Gasteiger partial charge in [0, 0.05) is 27.4 Å². The first-order valence-electron chi connectivity index (χ1n) is 3.66. The van der Waals surface area contributed by atoms with Gasteiger partial charge in [0.1, 0.15) is 0 Å². The van der Waals surface area contributed by atoms with E-state index in [1.165, 1.54) is 10.4 Å². The van der Waals surface area contributed by atoms with Gasteiger partial charge in [0.2, 0.25) is 0 Å². The third-order valence-electron chi connectivity index (χ3n) is 1.58. The van der Waals surface area contributed by atoms with Crippen LogP contribution < -0.4 is 5.32 Å². The molecule has 0 aliphatic heterocycles. The Bertz CT molecular complexity index is 272. The zero-order valence-corrected chi connectivity index (χ0v) is 9.17. The van der Waals surface area contributed by atoms with Crippen molar-refractivity contribution in [3.63, 3.8) is 0 Å². The Hall–Kier alpha value is -0.350. The predicted octanol–water partition coefficient (Wildman–Crippen LogP) is 2.70. The topological polar surface area (TPSA) is 29.1 Å². The summed E-state index contributed by atoms with van der Waals surface area (Å²) in [5, 5.41) is 4.77. The average molecular weight is 248 g/mol. The monoisotopic (exact) mass is 247 g/mol. The molecule has 0 saturated carbocycles. The van der Waals surface area contributed by atoms with Gasteiger partial charge in [-0.25, -0.2) is 0 Å². The first kappa shape index (κ1) is 9.74. The zero-order chi connectivity index (χ0) is 8.97. The number of thiophene rings is 1. The third-order valence-corrected chi connectivity index (χ3v) is 2.95. The number of aryl methyl sites for hydroxylation is 1. The van der Waals surface area contributed by atoms with Crippen LogP contribution in [0.5, 0.6) is 0 Å². The largest absolute Gasteiger partial charge is 0.346 e. The summed E-state index contributed by atoms with van der Waals surface area (Å²) in [6, 6.07) is 2.09. The number of rotatable bonds is 3. The van der Waals surface area contributed by atoms with E-state index in [1.54, 1.807) is 11.3 Å². The van der Waals surface area contributed by atoms with Gasteiger partial charge in [-0.05, 0) is 30.4 Å². The Balaban J connectivity index is 2.33. The van der Waals surface area contributed by atoms with E-state index in [-0.39, 0.29) is 4.82 Å². The highest BCUT2D eigenvalue weighted by molar-refractivity contribution is 9.18. The number of nitrogens with one attached hydrogen (secondary N) is 1. The van der Waals surface area contributed by atoms with Gasteiger partial charge >= 0.3 is 0 Å². The van der Waals surface area contributed by atoms with E-state index in [4.69, 9.17) is 0 Å². The van der Waals surface area contributed by atoms with E-state index in [0.29, 0.717) is 6.54 Å². The van der Waals surface area contributed by atoms with Crippen molar-refractivity contribution in [1.82, 2.24) is 5.32 Å². The zero-order valence-electron chi connectivity index (χ0n) is 6.76. The van der Waals surface area contributed by atoms with Crippen molar-refractivity contribution in [2.24, 2.45) is 0 Å². The van der Waals surface area contributed by atoms with Crippen LogP contribution in [0.4, 0.5) is 4.79 Å². The van der Waals surface area contributed by atoms with Crippen molar-refractivity contribution in [3.8, 4) is 0 Å². The fourth-order valence-corrected chi connectivity index (χ4v) is 2.04. The first-order valence-corrected chi connectivity index (χ1v) is 5.33. The van der Waals surface area contributed by atoms with Crippen LogP contribution in [-0.2, 0) is 6.42 Å². The molecule has 0 unspecified atom stereocenters. The molecule has 4 heteroatoms. The summed E-state index contributed by atoms with van der Waals surface area (Å²) >= 11 is 4.55. The van der Waals surface area contributed by atoms with Crippen LogP contribution in [0.15, 0.2) is 11.4 Å². The lowest BCUT2D eigenvalue weighted by Gasteiger charge is -1.99. The molecule has 0 fully saturated rings. The fraction of sp³-hybridized carbons (Fsp3) is 0.375. The summed E-state index contributed by atoms with van der Waals surface area (Å²) in [5.41, 5.74) is 1.31. The van der Waals surface area contributed by atoms with E-state index in [0.717, 1.165) is 6.42 Å². The van der Waals surface area contributed by atoms with Crippen molar-refractivity contribution < 1.29 is 4.79 Å². The van der Waals surface area contributed by atoms with Crippen molar-refractivity contribution in [2.45, 2.75) is 13.3 Å². The van der Waals surface area contributed by atoms with Gasteiger partial charge in [0.05, 0.1) is 0 Å². The van der Waals surface area contributed by atoms with Crippen LogP contribution in [0, 0.1) is 6.92 Å². The van der Waals surface area contributed by atoms with Crippen LogP contribution in [0.1, 0.15) is 10.4 Å². The summed E-state index contributed by atoms with van der Waals surface area (Å²) < 4.78 is 0. The summed E-state index contributed by atoms with van der Waals surface area (Å²) in [6.07, 6.45) is 0.917. The lowest BCUT2D eigenvalue weighted by atomic mass is 10.2. The van der Waals surface area contributed by atoms with Crippen LogP contribution in [0.3, 0.4) is 0 Å². The van der Waals surface area contributed by atoms with Gasteiger partial charge in [0.15, 0.2) is 0 Å². The highest BCUT2D eigenvalue weighted by Crippen LogP contribution is 2.15. The molecule has 0 aliphatic carbocycles. The Morgan fingerprint density at radius 1 is 1.75 bits per heavy atom. The molecule has 0 atom stereocenters. The smallest absolute Gasteiger partial charge is 0.287 e. The van der Waals surface area contributed by atoms with Gasteiger partial charge in [-0.1, -0.05) is 0 Å². The summed E-state index contributed by atoms with van der Waals surface area (Å²) in [7, 11) is 0. The van der Waals surface area contributed by atoms with E-state index < -0.39 is 0 Å². The van der Waals surface area contributed by atoms with Gasteiger partial charge in [-0.15, -0.1) is 11.3 Å². The van der Waals surface area contributed by atoms with Gasteiger partial charge in [-0.2, -0.15) is 0 Å². The summed E-state index contributed by atoms with van der Waals surface area (Å²) in [6.45, 7) is 2.78. The molecule has 1 N–H and O–H groups in total. The SMILES string of the molecule is Cc1ccsc1CCNC(=O)Br. The second-order valence-corrected chi connectivity index (χ2v) is 4.20. The summed E-state index contributed by atoms with van der Waals surface area (Å²) in [4.78, 5) is 11.7. The Labute approximate surface area is 84.1 Å². The van der Waals surface area contributed by atoms with Crippen LogP contribution in [-0.4, -0.2) is 11.4 Å². The van der Waals surface area contributed by atoms with Gasteiger partial charge in [-0.3, -0.25) is 4.79 Å². The molecular formula is C8H10BrNOS. The third kappa shape index (κ3) is 2.95. The molecule has 2 nitrogen and oxygen atoms in total. The molecule has 0 spiro atoms. The fourth-order valence-electron chi connectivity index (χ4n) is 0.935. The second kappa shape index (κ2) is 4.62. The Morgan fingerprint density at radius 3 is 3.00 bits per heavy atom. The highest BCUT2D eigenvalue weighted by Gasteiger charge is 1.99. The second-order valence-electron chi connectivity index (χ2n) is 2.48. The lowest BCUT2D eigenvalue weighted by molar-refractivity contribution is 0.262. The van der Waals surface area contributed by atoms with Crippen molar-refractivity contribution in [2.75, 3.05) is 6.54 Å². The molecule has 1 aromatic heterocycles. The number of halogens is 1. The molecule has 1 rings (SSSR count). The number of amides is 1. The van der Waals surface area contributed by atoms with E-state index in [1.807, 2.05) is 0 Å². The van der Waals surface area contributed by atoms with Gasteiger partial charge in [0.25, 0.3) is 4.82 Å². The number of carbonyl (C=O) groups excluding carboxylic acids is 1. The predicted molar refractivity (Wildman–Crippen MR) is 55.1 cm³/mol. The number of hydrogen-bond acceptors (Lipinski definition) is 2. The molecule has 1 aromatic rings. The van der Waals surface area contributed by atoms with Crippen LogP contribution in [0.25, 0.3) is 0 Å². The van der Waals surface area contributed by atoms with Crippen LogP contribution >= 0.6 is 27.3 Å².